The molecule has 1 amide bonds. The van der Waals surface area contributed by atoms with Crippen molar-refractivity contribution in [1.82, 2.24) is 9.78 Å². The summed E-state index contributed by atoms with van der Waals surface area (Å²) in [6.45, 7) is 5.56. The largest absolute Gasteiger partial charge is 0.463 e. The second-order valence-electron chi connectivity index (χ2n) is 6.45. The lowest BCUT2D eigenvalue weighted by Crippen LogP contribution is -2.31. The van der Waals surface area contributed by atoms with Crippen molar-refractivity contribution in [2.45, 2.75) is 26.9 Å². The zero-order valence-corrected chi connectivity index (χ0v) is 16.5. The molecule has 144 valence electrons. The molecule has 0 bridgehead atoms. The van der Waals surface area contributed by atoms with Gasteiger partial charge in [-0.25, -0.2) is 0 Å². The van der Waals surface area contributed by atoms with E-state index in [9.17, 15) is 9.59 Å². The van der Waals surface area contributed by atoms with Gasteiger partial charge in [0, 0.05) is 22.8 Å². The number of ether oxygens (including phenoxy) is 1. The molecule has 1 heterocycles. The van der Waals surface area contributed by atoms with Crippen LogP contribution >= 0.6 is 11.6 Å². The minimum atomic E-state index is -0.822. The van der Waals surface area contributed by atoms with E-state index >= 15 is 0 Å². The van der Waals surface area contributed by atoms with Crippen molar-refractivity contribution in [3.8, 4) is 11.6 Å². The predicted molar refractivity (Wildman–Crippen MR) is 109 cm³/mol. The van der Waals surface area contributed by atoms with Gasteiger partial charge >= 0.3 is 0 Å². The standard InChI is InChI=1S/C21H20ClN3O3/c1-13-7-8-18(11-14(13)2)25-20(26)10-9-19(24-25)28-15(3)21(27)23-17-6-4-5-16(22)12-17/h4-12,15H,1-3H3,(H,23,27)/t15-/m0/s1. The minimum Gasteiger partial charge on any atom is -0.463 e. The maximum atomic E-state index is 12.4. The summed E-state index contributed by atoms with van der Waals surface area (Å²) in [5.74, 6) is -0.181. The summed E-state index contributed by atoms with van der Waals surface area (Å²) in [5.41, 5.74) is 3.09. The van der Waals surface area contributed by atoms with Crippen molar-refractivity contribution >= 4 is 23.2 Å². The van der Waals surface area contributed by atoms with Crippen LogP contribution in [0.4, 0.5) is 5.69 Å². The Morgan fingerprint density at radius 3 is 2.61 bits per heavy atom. The molecule has 0 unspecified atom stereocenters. The van der Waals surface area contributed by atoms with Crippen molar-refractivity contribution < 1.29 is 9.53 Å². The highest BCUT2D eigenvalue weighted by atomic mass is 35.5. The number of nitrogens with one attached hydrogen (secondary N) is 1. The Kier molecular flexibility index (Phi) is 5.80. The van der Waals surface area contributed by atoms with Crippen molar-refractivity contribution in [3.63, 3.8) is 0 Å². The molecule has 0 aliphatic heterocycles. The van der Waals surface area contributed by atoms with E-state index < -0.39 is 6.10 Å². The van der Waals surface area contributed by atoms with Crippen molar-refractivity contribution in [1.29, 1.82) is 0 Å². The number of benzene rings is 2. The van der Waals surface area contributed by atoms with Crippen LogP contribution in [0.5, 0.6) is 5.88 Å². The summed E-state index contributed by atoms with van der Waals surface area (Å²) in [6.07, 6.45) is -0.822. The number of rotatable bonds is 5. The van der Waals surface area contributed by atoms with Gasteiger partial charge in [0.15, 0.2) is 6.10 Å². The van der Waals surface area contributed by atoms with Gasteiger partial charge in [0.2, 0.25) is 5.88 Å². The first-order chi connectivity index (χ1) is 13.3. The third-order valence-corrected chi connectivity index (χ3v) is 4.50. The third-order valence-electron chi connectivity index (χ3n) is 4.27. The van der Waals surface area contributed by atoms with E-state index in [1.165, 1.54) is 16.8 Å². The molecule has 0 spiro atoms. The number of anilines is 1. The number of hydrogen-bond acceptors (Lipinski definition) is 4. The quantitative estimate of drug-likeness (QED) is 0.708. The lowest BCUT2D eigenvalue weighted by molar-refractivity contribution is -0.122. The zero-order chi connectivity index (χ0) is 20.3. The van der Waals surface area contributed by atoms with Crippen molar-refractivity contribution in [2.24, 2.45) is 0 Å². The van der Waals surface area contributed by atoms with Crippen molar-refractivity contribution in [2.75, 3.05) is 5.32 Å². The van der Waals surface area contributed by atoms with Crippen LogP contribution in [-0.4, -0.2) is 21.8 Å². The van der Waals surface area contributed by atoms with Gasteiger partial charge < -0.3 is 10.1 Å². The fourth-order valence-electron chi connectivity index (χ4n) is 2.54. The van der Waals surface area contributed by atoms with Gasteiger partial charge in [-0.2, -0.15) is 4.68 Å². The minimum absolute atomic E-state index is 0.173. The second-order valence-corrected chi connectivity index (χ2v) is 6.89. The molecule has 7 heteroatoms. The van der Waals surface area contributed by atoms with E-state index in [4.69, 9.17) is 16.3 Å². The molecule has 3 rings (SSSR count). The van der Waals surface area contributed by atoms with Crippen LogP contribution in [0.3, 0.4) is 0 Å². The van der Waals surface area contributed by atoms with E-state index in [1.54, 1.807) is 31.2 Å². The Balaban J connectivity index is 1.77. The monoisotopic (exact) mass is 397 g/mol. The van der Waals surface area contributed by atoms with Crippen LogP contribution in [0.2, 0.25) is 5.02 Å². The fraction of sp³-hybridized carbons (Fsp3) is 0.190. The van der Waals surface area contributed by atoms with Crippen LogP contribution in [0, 0.1) is 13.8 Å². The van der Waals surface area contributed by atoms with Gasteiger partial charge in [-0.05, 0) is 62.2 Å². The Morgan fingerprint density at radius 2 is 1.89 bits per heavy atom. The summed E-state index contributed by atoms with van der Waals surface area (Å²) < 4.78 is 6.89. The second kappa shape index (κ2) is 8.27. The fourth-order valence-corrected chi connectivity index (χ4v) is 2.73. The molecule has 0 saturated carbocycles. The zero-order valence-electron chi connectivity index (χ0n) is 15.8. The topological polar surface area (TPSA) is 73.2 Å². The highest BCUT2D eigenvalue weighted by Gasteiger charge is 2.16. The Hall–Kier alpha value is -3.12. The number of carbonyl (C=O) groups is 1. The summed E-state index contributed by atoms with van der Waals surface area (Å²) in [6, 6.07) is 15.3. The number of halogens is 1. The molecule has 0 radical (unpaired) electrons. The number of aryl methyl sites for hydroxylation is 2. The van der Waals surface area contributed by atoms with Crippen LogP contribution in [0.25, 0.3) is 5.69 Å². The van der Waals surface area contributed by atoms with Gasteiger partial charge in [-0.3, -0.25) is 9.59 Å². The molecule has 1 atom stereocenters. The summed E-state index contributed by atoms with van der Waals surface area (Å²) >= 11 is 5.92. The van der Waals surface area contributed by atoms with Gasteiger partial charge in [0.05, 0.1) is 5.69 Å². The maximum Gasteiger partial charge on any atom is 0.271 e. The van der Waals surface area contributed by atoms with Gasteiger partial charge in [-0.1, -0.05) is 23.7 Å². The average molecular weight is 398 g/mol. The van der Waals surface area contributed by atoms with Crippen molar-refractivity contribution in [3.05, 3.63) is 81.1 Å². The number of carbonyl (C=O) groups excluding carboxylic acids is 1. The summed E-state index contributed by atoms with van der Waals surface area (Å²) in [4.78, 5) is 24.6. The van der Waals surface area contributed by atoms with Crippen LogP contribution < -0.4 is 15.6 Å². The molecular formula is C21H20ClN3O3. The molecule has 0 aliphatic carbocycles. The molecule has 0 fully saturated rings. The molecular weight excluding hydrogens is 378 g/mol. The van der Waals surface area contributed by atoms with E-state index in [0.717, 1.165) is 11.1 Å². The van der Waals surface area contributed by atoms with Gasteiger partial charge in [0.1, 0.15) is 0 Å². The van der Waals surface area contributed by atoms with Crippen LogP contribution in [0.15, 0.2) is 59.4 Å². The summed E-state index contributed by atoms with van der Waals surface area (Å²) in [7, 11) is 0. The first-order valence-corrected chi connectivity index (χ1v) is 9.12. The van der Waals surface area contributed by atoms with E-state index in [0.29, 0.717) is 16.4 Å². The number of nitrogens with zero attached hydrogens (tertiary/aromatic N) is 2. The molecule has 1 N–H and O–H groups in total. The van der Waals surface area contributed by atoms with E-state index in [-0.39, 0.29) is 17.3 Å². The molecule has 6 nitrogen and oxygen atoms in total. The predicted octanol–water partition coefficient (Wildman–Crippen LogP) is 3.91. The smallest absolute Gasteiger partial charge is 0.271 e. The molecule has 1 aromatic heterocycles. The van der Waals surface area contributed by atoms with E-state index in [2.05, 4.69) is 10.4 Å². The van der Waals surface area contributed by atoms with Gasteiger partial charge in [-0.15, -0.1) is 5.10 Å². The Bertz CT molecular complexity index is 1080. The molecule has 28 heavy (non-hydrogen) atoms. The Morgan fingerprint density at radius 1 is 1.11 bits per heavy atom. The van der Waals surface area contributed by atoms with E-state index in [1.807, 2.05) is 32.0 Å². The normalized spacial score (nSPS) is 11.7. The number of amides is 1. The molecule has 3 aromatic rings. The highest BCUT2D eigenvalue weighted by Crippen LogP contribution is 2.16. The molecule has 0 aliphatic rings. The van der Waals surface area contributed by atoms with Gasteiger partial charge in [0.25, 0.3) is 11.5 Å². The maximum absolute atomic E-state index is 12.4. The molecule has 2 aromatic carbocycles. The number of hydrogen-bond donors (Lipinski definition) is 1. The Labute approximate surface area is 167 Å². The molecule has 0 saturated heterocycles. The number of aromatic nitrogens is 2. The SMILES string of the molecule is Cc1ccc(-n2nc(O[C@@H](C)C(=O)Nc3cccc(Cl)c3)ccc2=O)cc1C. The lowest BCUT2D eigenvalue weighted by atomic mass is 10.1. The highest BCUT2D eigenvalue weighted by molar-refractivity contribution is 6.30. The third kappa shape index (κ3) is 4.58. The lowest BCUT2D eigenvalue weighted by Gasteiger charge is -2.15. The van der Waals surface area contributed by atoms with Crippen LogP contribution in [0.1, 0.15) is 18.1 Å². The summed E-state index contributed by atoms with van der Waals surface area (Å²) in [5, 5.41) is 7.49. The average Bonchev–Trinajstić information content (AvgIpc) is 2.65. The first-order valence-electron chi connectivity index (χ1n) is 8.74. The first kappa shape index (κ1) is 19.6. The van der Waals surface area contributed by atoms with Crippen LogP contribution in [-0.2, 0) is 4.79 Å².